The maximum Gasteiger partial charge on any atom is 0.113 e. The Morgan fingerprint density at radius 3 is 2.89 bits per heavy atom. The highest BCUT2D eigenvalue weighted by Crippen LogP contribution is 2.41. The van der Waals surface area contributed by atoms with E-state index < -0.39 is 0 Å². The summed E-state index contributed by atoms with van der Waals surface area (Å²) in [6.45, 7) is 3.32. The molecule has 2 N–H and O–H groups in total. The van der Waals surface area contributed by atoms with E-state index in [4.69, 9.17) is 10.7 Å². The van der Waals surface area contributed by atoms with Crippen LogP contribution in [0.15, 0.2) is 18.2 Å². The van der Waals surface area contributed by atoms with Crippen molar-refractivity contribution in [1.29, 1.82) is 0 Å². The van der Waals surface area contributed by atoms with Gasteiger partial charge in [-0.05, 0) is 31.4 Å². The number of rotatable bonds is 5. The highest BCUT2D eigenvalue weighted by Gasteiger charge is 2.29. The lowest BCUT2D eigenvalue weighted by molar-refractivity contribution is 0.592. The van der Waals surface area contributed by atoms with Gasteiger partial charge in [0.1, 0.15) is 11.3 Å². The van der Waals surface area contributed by atoms with E-state index in [-0.39, 0.29) is 0 Å². The van der Waals surface area contributed by atoms with Crippen molar-refractivity contribution in [2.45, 2.75) is 51.5 Å². The Bertz CT molecular complexity index is 552. The summed E-state index contributed by atoms with van der Waals surface area (Å²) in [6, 6.07) is 6.13. The number of nitrogens with zero attached hydrogens (tertiary/aromatic N) is 2. The normalized spacial score (nSPS) is 15.4. The smallest absolute Gasteiger partial charge is 0.113 e. The van der Waals surface area contributed by atoms with Crippen LogP contribution in [0, 0.1) is 0 Å². The van der Waals surface area contributed by atoms with Gasteiger partial charge in [0.05, 0.1) is 11.2 Å². The van der Waals surface area contributed by atoms with Gasteiger partial charge in [-0.3, -0.25) is 0 Å². The maximum atomic E-state index is 6.04. The molecule has 1 aromatic carbocycles. The summed E-state index contributed by atoms with van der Waals surface area (Å²) in [7, 11) is 0. The van der Waals surface area contributed by atoms with Crippen LogP contribution in [0.25, 0.3) is 11.0 Å². The monoisotopic (exact) mass is 243 g/mol. The fourth-order valence-corrected chi connectivity index (χ4v) is 2.59. The lowest BCUT2D eigenvalue weighted by Crippen LogP contribution is -2.03. The van der Waals surface area contributed by atoms with Crippen molar-refractivity contribution < 1.29 is 0 Å². The summed E-state index contributed by atoms with van der Waals surface area (Å²) >= 11 is 0. The van der Waals surface area contributed by atoms with Gasteiger partial charge in [-0.25, -0.2) is 4.98 Å². The minimum Gasteiger partial charge on any atom is -0.397 e. The van der Waals surface area contributed by atoms with E-state index in [0.717, 1.165) is 17.7 Å². The maximum absolute atomic E-state index is 6.04. The molecule has 0 saturated heterocycles. The van der Waals surface area contributed by atoms with Gasteiger partial charge >= 0.3 is 0 Å². The minimum absolute atomic E-state index is 0.679. The molecule has 0 atom stereocenters. The number of fused-ring (bicyclic) bond motifs is 1. The molecule has 1 aliphatic carbocycles. The molecule has 2 aromatic rings. The van der Waals surface area contributed by atoms with Crippen molar-refractivity contribution in [2.24, 2.45) is 0 Å². The van der Waals surface area contributed by atoms with Crippen LogP contribution in [0.3, 0.4) is 0 Å². The van der Waals surface area contributed by atoms with E-state index in [9.17, 15) is 0 Å². The molecule has 0 bridgehead atoms. The lowest BCUT2D eigenvalue weighted by atomic mass is 10.2. The van der Waals surface area contributed by atoms with Gasteiger partial charge in [0, 0.05) is 12.5 Å². The van der Waals surface area contributed by atoms with Gasteiger partial charge in [0.25, 0.3) is 0 Å². The second-order valence-corrected chi connectivity index (χ2v) is 5.32. The summed E-state index contributed by atoms with van der Waals surface area (Å²) in [5.41, 5.74) is 9.06. The van der Waals surface area contributed by atoms with Crippen molar-refractivity contribution in [3.63, 3.8) is 0 Å². The second kappa shape index (κ2) is 4.63. The van der Waals surface area contributed by atoms with Gasteiger partial charge < -0.3 is 10.3 Å². The molecule has 3 heteroatoms. The molecule has 0 aliphatic heterocycles. The minimum atomic E-state index is 0.679. The van der Waals surface area contributed by atoms with E-state index in [1.807, 2.05) is 12.1 Å². The molecular weight excluding hydrogens is 222 g/mol. The van der Waals surface area contributed by atoms with Crippen LogP contribution >= 0.6 is 0 Å². The number of para-hydroxylation sites is 1. The number of hydrogen-bond donors (Lipinski definition) is 1. The zero-order valence-corrected chi connectivity index (χ0v) is 11.0. The molecule has 1 saturated carbocycles. The van der Waals surface area contributed by atoms with E-state index in [2.05, 4.69) is 17.6 Å². The predicted octanol–water partition coefficient (Wildman–Crippen LogP) is 3.69. The zero-order chi connectivity index (χ0) is 12.5. The van der Waals surface area contributed by atoms with Gasteiger partial charge in [-0.1, -0.05) is 25.8 Å². The molecular formula is C15H21N3. The number of anilines is 1. The number of aromatic nitrogens is 2. The van der Waals surface area contributed by atoms with Gasteiger partial charge in [0.2, 0.25) is 0 Å². The molecule has 1 heterocycles. The summed E-state index contributed by atoms with van der Waals surface area (Å²) < 4.78 is 2.40. The molecule has 18 heavy (non-hydrogen) atoms. The summed E-state index contributed by atoms with van der Waals surface area (Å²) in [5, 5.41) is 0. The topological polar surface area (TPSA) is 43.8 Å². The van der Waals surface area contributed by atoms with Crippen molar-refractivity contribution in [1.82, 2.24) is 9.55 Å². The summed E-state index contributed by atoms with van der Waals surface area (Å²) in [5.74, 6) is 1.94. The van der Waals surface area contributed by atoms with Crippen LogP contribution < -0.4 is 5.73 Å². The largest absolute Gasteiger partial charge is 0.397 e. The molecule has 0 amide bonds. The molecule has 1 aromatic heterocycles. The molecule has 3 rings (SSSR count). The number of benzene rings is 1. The number of imidazole rings is 1. The number of hydrogen-bond acceptors (Lipinski definition) is 2. The highest BCUT2D eigenvalue weighted by molar-refractivity contribution is 5.87. The average Bonchev–Trinajstić information content (AvgIpc) is 3.14. The zero-order valence-electron chi connectivity index (χ0n) is 11.0. The summed E-state index contributed by atoms with van der Waals surface area (Å²) in [4.78, 5) is 4.79. The quantitative estimate of drug-likeness (QED) is 0.643. The van der Waals surface area contributed by atoms with Gasteiger partial charge in [-0.2, -0.15) is 0 Å². The molecule has 1 fully saturated rings. The first-order valence-electron chi connectivity index (χ1n) is 7.06. The molecule has 96 valence electrons. The Labute approximate surface area is 108 Å². The first-order valence-corrected chi connectivity index (χ1v) is 7.06. The SMILES string of the molecule is CCCCCn1c(C2CC2)nc2c(N)cccc21. The average molecular weight is 243 g/mol. The third kappa shape index (κ3) is 1.98. The van der Waals surface area contributed by atoms with E-state index in [0.29, 0.717) is 5.92 Å². The van der Waals surface area contributed by atoms with Crippen LogP contribution in [0.2, 0.25) is 0 Å². The fourth-order valence-electron chi connectivity index (χ4n) is 2.59. The third-order valence-corrected chi connectivity index (χ3v) is 3.77. The molecule has 0 radical (unpaired) electrons. The van der Waals surface area contributed by atoms with Crippen LogP contribution in [0.4, 0.5) is 5.69 Å². The van der Waals surface area contributed by atoms with Crippen molar-refractivity contribution >= 4 is 16.7 Å². The third-order valence-electron chi connectivity index (χ3n) is 3.77. The highest BCUT2D eigenvalue weighted by atomic mass is 15.1. The standard InChI is InChI=1S/C15H21N3/c1-2-3-4-10-18-13-7-5-6-12(16)14(13)17-15(18)11-8-9-11/h5-7,11H,2-4,8-10,16H2,1H3. The first kappa shape index (κ1) is 11.6. The number of nitrogen functional groups attached to an aromatic ring is 1. The Morgan fingerprint density at radius 2 is 2.17 bits per heavy atom. The van der Waals surface area contributed by atoms with E-state index >= 15 is 0 Å². The van der Waals surface area contributed by atoms with E-state index in [1.54, 1.807) is 0 Å². The summed E-state index contributed by atoms with van der Waals surface area (Å²) in [6.07, 6.45) is 6.35. The Morgan fingerprint density at radius 1 is 1.33 bits per heavy atom. The van der Waals surface area contributed by atoms with Crippen molar-refractivity contribution in [2.75, 3.05) is 5.73 Å². The Hall–Kier alpha value is -1.51. The van der Waals surface area contributed by atoms with Gasteiger partial charge in [-0.15, -0.1) is 0 Å². The first-order chi connectivity index (χ1) is 8.81. The molecule has 0 unspecified atom stereocenters. The van der Waals surface area contributed by atoms with E-state index in [1.165, 1.54) is 43.4 Å². The Kier molecular flexibility index (Phi) is 2.98. The molecule has 1 aliphatic rings. The van der Waals surface area contributed by atoms with Crippen molar-refractivity contribution in [3.8, 4) is 0 Å². The second-order valence-electron chi connectivity index (χ2n) is 5.32. The van der Waals surface area contributed by atoms with Crippen LogP contribution in [-0.2, 0) is 6.54 Å². The fraction of sp³-hybridized carbons (Fsp3) is 0.533. The Balaban J connectivity index is 2.02. The van der Waals surface area contributed by atoms with Crippen LogP contribution in [0.1, 0.15) is 50.8 Å². The lowest BCUT2D eigenvalue weighted by Gasteiger charge is -2.08. The van der Waals surface area contributed by atoms with Crippen LogP contribution in [-0.4, -0.2) is 9.55 Å². The van der Waals surface area contributed by atoms with Gasteiger partial charge in [0.15, 0.2) is 0 Å². The number of aryl methyl sites for hydroxylation is 1. The molecule has 0 spiro atoms. The predicted molar refractivity (Wildman–Crippen MR) is 75.6 cm³/mol. The van der Waals surface area contributed by atoms with Crippen LogP contribution in [0.5, 0.6) is 0 Å². The number of unbranched alkanes of at least 4 members (excludes halogenated alkanes) is 2. The molecule has 3 nitrogen and oxygen atoms in total. The number of nitrogens with two attached hydrogens (primary N) is 1. The van der Waals surface area contributed by atoms with Crippen molar-refractivity contribution in [3.05, 3.63) is 24.0 Å².